The molecule has 0 aliphatic rings. The first-order valence-corrected chi connectivity index (χ1v) is 3.61. The molecule has 0 amide bonds. The summed E-state index contributed by atoms with van der Waals surface area (Å²) in [6.45, 7) is 7.40. The second kappa shape index (κ2) is 2.81. The highest BCUT2D eigenvalue weighted by atomic mass is 16.5. The highest BCUT2D eigenvalue weighted by Gasteiger charge is 2.41. The minimum atomic E-state index is -0.915. The number of carbonyl (C=O) groups excluding carboxylic acids is 1. The number of esters is 1. The van der Waals surface area contributed by atoms with Gasteiger partial charge in [-0.15, -0.1) is 0 Å². The van der Waals surface area contributed by atoms with Crippen LogP contribution in [-0.4, -0.2) is 18.6 Å². The van der Waals surface area contributed by atoms with Gasteiger partial charge in [-0.25, -0.2) is 0 Å². The molecule has 1 atom stereocenters. The van der Waals surface area contributed by atoms with Gasteiger partial charge in [0.1, 0.15) is 5.54 Å². The number of carbonyl (C=O) groups is 1. The summed E-state index contributed by atoms with van der Waals surface area (Å²) >= 11 is 0. The predicted octanol–water partition coefficient (Wildman–Crippen LogP) is 0.923. The monoisotopic (exact) mass is 159 g/mol. The van der Waals surface area contributed by atoms with Gasteiger partial charge in [0.2, 0.25) is 0 Å². The Balaban J connectivity index is 4.59. The average Bonchev–Trinajstić information content (AvgIpc) is 1.83. The molecule has 0 saturated heterocycles. The molecule has 0 fully saturated rings. The molecule has 0 aromatic heterocycles. The van der Waals surface area contributed by atoms with Gasteiger partial charge in [-0.2, -0.15) is 0 Å². The second-order valence-electron chi connectivity index (χ2n) is 3.94. The number of hydrogen-bond donors (Lipinski definition) is 1. The first-order valence-electron chi connectivity index (χ1n) is 3.61. The summed E-state index contributed by atoms with van der Waals surface area (Å²) in [6.07, 6.45) is 0. The van der Waals surface area contributed by atoms with Crippen molar-refractivity contribution in [1.29, 1.82) is 0 Å². The molecule has 0 heterocycles. The largest absolute Gasteiger partial charge is 0.468 e. The topological polar surface area (TPSA) is 52.3 Å². The highest BCUT2D eigenvalue weighted by molar-refractivity contribution is 5.80. The molecule has 0 saturated carbocycles. The van der Waals surface area contributed by atoms with Crippen LogP contribution in [0, 0.1) is 5.41 Å². The number of rotatable bonds is 1. The zero-order valence-corrected chi connectivity index (χ0v) is 7.89. The van der Waals surface area contributed by atoms with E-state index in [1.54, 1.807) is 6.92 Å². The zero-order valence-electron chi connectivity index (χ0n) is 7.89. The Labute approximate surface area is 67.9 Å². The summed E-state index contributed by atoms with van der Waals surface area (Å²) in [7, 11) is 1.35. The van der Waals surface area contributed by atoms with Crippen LogP contribution in [0.4, 0.5) is 0 Å². The summed E-state index contributed by atoms with van der Waals surface area (Å²) in [6, 6.07) is 0. The standard InChI is InChI=1S/C8H17NO2/c1-7(2,3)8(4,9)6(10)11-5/h9H2,1-5H3/t8-/m1/s1. The molecular weight excluding hydrogens is 142 g/mol. The van der Waals surface area contributed by atoms with Crippen molar-refractivity contribution in [2.45, 2.75) is 33.2 Å². The first kappa shape index (κ1) is 10.4. The molecule has 0 aliphatic heterocycles. The van der Waals surface area contributed by atoms with Crippen LogP contribution in [-0.2, 0) is 9.53 Å². The van der Waals surface area contributed by atoms with E-state index in [0.29, 0.717) is 0 Å². The van der Waals surface area contributed by atoms with E-state index in [2.05, 4.69) is 4.74 Å². The van der Waals surface area contributed by atoms with E-state index < -0.39 is 5.54 Å². The van der Waals surface area contributed by atoms with Gasteiger partial charge in [0.15, 0.2) is 0 Å². The van der Waals surface area contributed by atoms with Crippen molar-refractivity contribution in [3.8, 4) is 0 Å². The van der Waals surface area contributed by atoms with Crippen LogP contribution in [0.5, 0.6) is 0 Å². The van der Waals surface area contributed by atoms with E-state index in [0.717, 1.165) is 0 Å². The van der Waals surface area contributed by atoms with Crippen molar-refractivity contribution >= 4 is 5.97 Å². The Morgan fingerprint density at radius 2 is 1.64 bits per heavy atom. The Morgan fingerprint density at radius 3 is 1.73 bits per heavy atom. The van der Waals surface area contributed by atoms with Crippen LogP contribution in [0.3, 0.4) is 0 Å². The van der Waals surface area contributed by atoms with Gasteiger partial charge in [0.25, 0.3) is 0 Å². The summed E-state index contributed by atoms with van der Waals surface area (Å²) in [5, 5.41) is 0. The normalized spacial score (nSPS) is 17.3. The van der Waals surface area contributed by atoms with Crippen molar-refractivity contribution in [1.82, 2.24) is 0 Å². The van der Waals surface area contributed by atoms with Crippen molar-refractivity contribution in [2.75, 3.05) is 7.11 Å². The fourth-order valence-electron chi connectivity index (χ4n) is 0.518. The van der Waals surface area contributed by atoms with Crippen molar-refractivity contribution in [3.63, 3.8) is 0 Å². The number of methoxy groups -OCH3 is 1. The molecule has 3 heteroatoms. The van der Waals surface area contributed by atoms with E-state index in [1.807, 2.05) is 20.8 Å². The van der Waals surface area contributed by atoms with Gasteiger partial charge < -0.3 is 10.5 Å². The molecular formula is C8H17NO2. The maximum absolute atomic E-state index is 11.1. The summed E-state index contributed by atoms with van der Waals surface area (Å²) in [4.78, 5) is 11.1. The minimum Gasteiger partial charge on any atom is -0.468 e. The Hall–Kier alpha value is -0.570. The van der Waals surface area contributed by atoms with Crippen molar-refractivity contribution in [3.05, 3.63) is 0 Å². The Morgan fingerprint density at radius 1 is 1.27 bits per heavy atom. The van der Waals surface area contributed by atoms with E-state index in [9.17, 15) is 4.79 Å². The maximum Gasteiger partial charge on any atom is 0.326 e. The zero-order chi connectivity index (χ0) is 9.28. The molecule has 3 nitrogen and oxygen atoms in total. The lowest BCUT2D eigenvalue weighted by Crippen LogP contribution is -2.55. The fourth-order valence-corrected chi connectivity index (χ4v) is 0.518. The van der Waals surface area contributed by atoms with E-state index in [1.165, 1.54) is 7.11 Å². The summed E-state index contributed by atoms with van der Waals surface area (Å²) < 4.78 is 4.58. The number of hydrogen-bond acceptors (Lipinski definition) is 3. The molecule has 0 aliphatic carbocycles. The first-order chi connectivity index (χ1) is 4.73. The average molecular weight is 159 g/mol. The molecule has 0 unspecified atom stereocenters. The quantitative estimate of drug-likeness (QED) is 0.579. The Kier molecular flexibility index (Phi) is 2.67. The van der Waals surface area contributed by atoms with Crippen molar-refractivity contribution in [2.24, 2.45) is 11.1 Å². The predicted molar refractivity (Wildman–Crippen MR) is 44.1 cm³/mol. The lowest BCUT2D eigenvalue weighted by atomic mass is 9.76. The smallest absolute Gasteiger partial charge is 0.326 e. The maximum atomic E-state index is 11.1. The number of nitrogens with two attached hydrogens (primary N) is 1. The summed E-state index contributed by atoms with van der Waals surface area (Å²) in [5.41, 5.74) is 4.58. The molecule has 0 spiro atoms. The van der Waals surface area contributed by atoms with E-state index in [-0.39, 0.29) is 11.4 Å². The van der Waals surface area contributed by atoms with Crippen LogP contribution in [0.15, 0.2) is 0 Å². The highest BCUT2D eigenvalue weighted by Crippen LogP contribution is 2.28. The molecule has 2 N–H and O–H groups in total. The molecule has 0 aromatic rings. The van der Waals surface area contributed by atoms with Gasteiger partial charge in [-0.1, -0.05) is 20.8 Å². The van der Waals surface area contributed by atoms with Crippen LogP contribution in [0.2, 0.25) is 0 Å². The fraction of sp³-hybridized carbons (Fsp3) is 0.875. The third-order valence-corrected chi connectivity index (χ3v) is 2.17. The van der Waals surface area contributed by atoms with E-state index in [4.69, 9.17) is 5.73 Å². The third-order valence-electron chi connectivity index (χ3n) is 2.17. The Bertz CT molecular complexity index is 156. The van der Waals surface area contributed by atoms with Crippen LogP contribution in [0.25, 0.3) is 0 Å². The molecule has 11 heavy (non-hydrogen) atoms. The van der Waals surface area contributed by atoms with Gasteiger partial charge >= 0.3 is 5.97 Å². The lowest BCUT2D eigenvalue weighted by Gasteiger charge is -2.35. The molecule has 66 valence electrons. The number of ether oxygens (including phenoxy) is 1. The third kappa shape index (κ3) is 1.93. The van der Waals surface area contributed by atoms with Crippen LogP contribution >= 0.6 is 0 Å². The lowest BCUT2D eigenvalue weighted by molar-refractivity contribution is -0.150. The summed E-state index contributed by atoms with van der Waals surface area (Å²) in [5.74, 6) is -0.370. The van der Waals surface area contributed by atoms with Crippen LogP contribution in [0.1, 0.15) is 27.7 Å². The molecule has 0 aromatic carbocycles. The SMILES string of the molecule is COC(=O)[C@@](C)(N)C(C)(C)C. The van der Waals surface area contributed by atoms with Gasteiger partial charge in [0.05, 0.1) is 7.11 Å². The van der Waals surface area contributed by atoms with Crippen LogP contribution < -0.4 is 5.73 Å². The molecule has 0 bridgehead atoms. The molecule has 0 radical (unpaired) electrons. The minimum absolute atomic E-state index is 0.278. The second-order valence-corrected chi connectivity index (χ2v) is 3.94. The van der Waals surface area contributed by atoms with Crippen molar-refractivity contribution < 1.29 is 9.53 Å². The van der Waals surface area contributed by atoms with Gasteiger partial charge in [-0.05, 0) is 12.3 Å². The van der Waals surface area contributed by atoms with Gasteiger partial charge in [0, 0.05) is 0 Å². The van der Waals surface area contributed by atoms with Gasteiger partial charge in [-0.3, -0.25) is 4.79 Å². The molecule has 0 rings (SSSR count). The van der Waals surface area contributed by atoms with E-state index >= 15 is 0 Å².